The lowest BCUT2D eigenvalue weighted by Crippen LogP contribution is -2.09. The van der Waals surface area contributed by atoms with Gasteiger partial charge in [0.2, 0.25) is 0 Å². The molecular formula is C11H16O5. The molecule has 0 aromatic heterocycles. The lowest BCUT2D eigenvalue weighted by Gasteiger charge is -1.99. The normalized spacial score (nSPS) is 16.2. The van der Waals surface area contributed by atoms with Gasteiger partial charge < -0.3 is 14.2 Å². The van der Waals surface area contributed by atoms with Gasteiger partial charge in [-0.3, -0.25) is 4.79 Å². The van der Waals surface area contributed by atoms with Crippen molar-refractivity contribution in [3.8, 4) is 0 Å². The zero-order valence-electron chi connectivity index (χ0n) is 9.52. The molecule has 0 aromatic rings. The van der Waals surface area contributed by atoms with Crippen LogP contribution in [0.1, 0.15) is 13.8 Å². The Kier molecular flexibility index (Phi) is 6.87. The molecule has 1 aliphatic rings. The van der Waals surface area contributed by atoms with E-state index in [-0.39, 0.29) is 18.0 Å². The Morgan fingerprint density at radius 3 is 2.31 bits per heavy atom. The van der Waals surface area contributed by atoms with Crippen molar-refractivity contribution in [2.24, 2.45) is 0 Å². The predicted molar refractivity (Wildman–Crippen MR) is 57.5 cm³/mol. The Hall–Kier alpha value is -1.62. The Balaban J connectivity index is 0.000000325. The van der Waals surface area contributed by atoms with Crippen LogP contribution in [0.25, 0.3) is 0 Å². The van der Waals surface area contributed by atoms with Crippen molar-refractivity contribution >= 4 is 11.9 Å². The number of hydrogen-bond acceptors (Lipinski definition) is 5. The number of esters is 2. The third-order valence-electron chi connectivity index (χ3n) is 1.40. The van der Waals surface area contributed by atoms with E-state index in [1.54, 1.807) is 6.92 Å². The molecule has 1 aliphatic heterocycles. The van der Waals surface area contributed by atoms with Crippen molar-refractivity contribution in [2.75, 3.05) is 13.2 Å². The number of hydrogen-bond donors (Lipinski definition) is 0. The average molecular weight is 228 g/mol. The maximum Gasteiger partial charge on any atom is 0.333 e. The van der Waals surface area contributed by atoms with Gasteiger partial charge in [0.25, 0.3) is 0 Å². The Bertz CT molecular complexity index is 278. The highest BCUT2D eigenvalue weighted by Gasteiger charge is 2.24. The van der Waals surface area contributed by atoms with E-state index in [9.17, 15) is 9.59 Å². The second-order valence-corrected chi connectivity index (χ2v) is 3.11. The molecule has 5 nitrogen and oxygen atoms in total. The van der Waals surface area contributed by atoms with E-state index in [0.717, 1.165) is 6.26 Å². The quantitative estimate of drug-likeness (QED) is 0.313. The third-order valence-corrected chi connectivity index (χ3v) is 1.40. The van der Waals surface area contributed by atoms with Crippen molar-refractivity contribution in [2.45, 2.75) is 20.0 Å². The highest BCUT2D eigenvalue weighted by molar-refractivity contribution is 5.86. The van der Waals surface area contributed by atoms with Crippen LogP contribution in [0.3, 0.4) is 0 Å². The summed E-state index contributed by atoms with van der Waals surface area (Å²) in [6.45, 7) is 10.6. The maximum atomic E-state index is 10.7. The van der Waals surface area contributed by atoms with Gasteiger partial charge in [0.05, 0.1) is 12.9 Å². The number of epoxide rings is 1. The van der Waals surface area contributed by atoms with Gasteiger partial charge in [-0.1, -0.05) is 13.2 Å². The lowest BCUT2D eigenvalue weighted by molar-refractivity contribution is -0.139. The highest BCUT2D eigenvalue weighted by Crippen LogP contribution is 2.09. The summed E-state index contributed by atoms with van der Waals surface area (Å²) in [7, 11) is 0. The molecule has 0 N–H and O–H groups in total. The van der Waals surface area contributed by atoms with Crippen LogP contribution in [-0.2, 0) is 23.8 Å². The first-order valence-electron chi connectivity index (χ1n) is 4.69. The van der Waals surface area contributed by atoms with Crippen molar-refractivity contribution in [1.82, 2.24) is 0 Å². The molecule has 0 radical (unpaired) electrons. The van der Waals surface area contributed by atoms with Crippen LogP contribution in [0.4, 0.5) is 0 Å². The molecule has 1 unspecified atom stereocenters. The molecule has 1 saturated heterocycles. The second-order valence-electron chi connectivity index (χ2n) is 3.11. The molecule has 16 heavy (non-hydrogen) atoms. The predicted octanol–water partition coefficient (Wildman–Crippen LogP) is 1.20. The van der Waals surface area contributed by atoms with E-state index in [2.05, 4.69) is 17.9 Å². The largest absolute Gasteiger partial charge is 0.459 e. The first-order valence-corrected chi connectivity index (χ1v) is 4.69. The van der Waals surface area contributed by atoms with Gasteiger partial charge in [-0.15, -0.1) is 0 Å². The number of rotatable bonds is 4. The van der Waals surface area contributed by atoms with Crippen LogP contribution in [0.5, 0.6) is 0 Å². The highest BCUT2D eigenvalue weighted by atomic mass is 16.6. The molecule has 0 aromatic carbocycles. The number of carbonyl (C=O) groups excluding carboxylic acids is 2. The fourth-order valence-corrected chi connectivity index (χ4v) is 0.573. The summed E-state index contributed by atoms with van der Waals surface area (Å²) in [6, 6.07) is 0. The summed E-state index contributed by atoms with van der Waals surface area (Å²) in [4.78, 5) is 20.4. The van der Waals surface area contributed by atoms with Crippen molar-refractivity contribution in [3.05, 3.63) is 25.0 Å². The topological polar surface area (TPSA) is 65.1 Å². The Labute approximate surface area is 94.7 Å². The van der Waals surface area contributed by atoms with E-state index in [0.29, 0.717) is 18.8 Å². The van der Waals surface area contributed by atoms with Crippen LogP contribution in [0.2, 0.25) is 0 Å². The fourth-order valence-electron chi connectivity index (χ4n) is 0.573. The molecule has 1 rings (SSSR count). The van der Waals surface area contributed by atoms with Gasteiger partial charge >= 0.3 is 11.9 Å². The molecule has 90 valence electrons. The molecule has 0 spiro atoms. The summed E-state index contributed by atoms with van der Waals surface area (Å²) < 4.78 is 13.8. The average Bonchev–Trinajstić information content (AvgIpc) is 2.98. The molecule has 0 saturated carbocycles. The minimum absolute atomic E-state index is 0.142. The molecule has 1 fully saturated rings. The zero-order chi connectivity index (χ0) is 12.6. The van der Waals surface area contributed by atoms with Crippen molar-refractivity contribution in [1.29, 1.82) is 0 Å². The van der Waals surface area contributed by atoms with Gasteiger partial charge in [-0.2, -0.15) is 0 Å². The number of ether oxygens (including phenoxy) is 3. The first-order chi connectivity index (χ1) is 7.47. The van der Waals surface area contributed by atoms with E-state index in [4.69, 9.17) is 9.47 Å². The van der Waals surface area contributed by atoms with E-state index in [1.807, 2.05) is 0 Å². The molecule has 0 bridgehead atoms. The Morgan fingerprint density at radius 1 is 1.50 bits per heavy atom. The third kappa shape index (κ3) is 8.96. The van der Waals surface area contributed by atoms with Crippen LogP contribution in [0.15, 0.2) is 25.0 Å². The fraction of sp³-hybridized carbons (Fsp3) is 0.455. The van der Waals surface area contributed by atoms with E-state index in [1.165, 1.54) is 6.92 Å². The SMILES string of the molecule is C=C(C)C(=O)OCC1CO1.C=COC(C)=O. The summed E-state index contributed by atoms with van der Waals surface area (Å²) in [5, 5.41) is 0. The summed E-state index contributed by atoms with van der Waals surface area (Å²) in [6.07, 6.45) is 1.24. The molecule has 0 aliphatic carbocycles. The smallest absolute Gasteiger partial charge is 0.333 e. The van der Waals surface area contributed by atoms with Gasteiger partial charge in [-0.05, 0) is 6.92 Å². The van der Waals surface area contributed by atoms with Crippen LogP contribution >= 0.6 is 0 Å². The van der Waals surface area contributed by atoms with Gasteiger partial charge in [0.15, 0.2) is 0 Å². The molecular weight excluding hydrogens is 212 g/mol. The van der Waals surface area contributed by atoms with Gasteiger partial charge in [0, 0.05) is 12.5 Å². The minimum Gasteiger partial charge on any atom is -0.459 e. The molecule has 0 amide bonds. The molecule has 1 atom stereocenters. The van der Waals surface area contributed by atoms with Crippen molar-refractivity contribution < 1.29 is 23.8 Å². The van der Waals surface area contributed by atoms with Gasteiger partial charge in [0.1, 0.15) is 12.7 Å². The van der Waals surface area contributed by atoms with Crippen LogP contribution in [-0.4, -0.2) is 31.3 Å². The van der Waals surface area contributed by atoms with E-state index < -0.39 is 0 Å². The summed E-state index contributed by atoms with van der Waals surface area (Å²) >= 11 is 0. The minimum atomic E-state index is -0.337. The summed E-state index contributed by atoms with van der Waals surface area (Å²) in [5.74, 6) is -0.666. The maximum absolute atomic E-state index is 10.7. The number of carbonyl (C=O) groups is 2. The Morgan fingerprint density at radius 2 is 2.06 bits per heavy atom. The van der Waals surface area contributed by atoms with E-state index >= 15 is 0 Å². The summed E-state index contributed by atoms with van der Waals surface area (Å²) in [5.41, 5.74) is 0.431. The monoisotopic (exact) mass is 228 g/mol. The van der Waals surface area contributed by atoms with Crippen LogP contribution in [0, 0.1) is 0 Å². The van der Waals surface area contributed by atoms with Gasteiger partial charge in [-0.25, -0.2) is 4.79 Å². The van der Waals surface area contributed by atoms with Crippen LogP contribution < -0.4 is 0 Å². The lowest BCUT2D eigenvalue weighted by atomic mass is 10.4. The molecule has 1 heterocycles. The van der Waals surface area contributed by atoms with Crippen molar-refractivity contribution in [3.63, 3.8) is 0 Å². The zero-order valence-corrected chi connectivity index (χ0v) is 9.52. The standard InChI is InChI=1S/C7H10O3.C4H6O2/c1-5(2)7(8)10-4-6-3-9-6;1-3-6-4(2)5/h6H,1,3-4H2,2H3;3H,1H2,2H3. The first kappa shape index (κ1) is 14.4. The second kappa shape index (κ2) is 7.64. The molecule has 5 heteroatoms.